The van der Waals surface area contributed by atoms with Gasteiger partial charge in [-0.1, -0.05) is 12.8 Å². The molecule has 1 heterocycles. The van der Waals surface area contributed by atoms with Crippen LogP contribution < -0.4 is 10.7 Å². The van der Waals surface area contributed by atoms with Crippen molar-refractivity contribution in [1.82, 2.24) is 10.3 Å². The normalized spacial score (nSPS) is 16.1. The molecule has 0 spiro atoms. The van der Waals surface area contributed by atoms with E-state index in [9.17, 15) is 9.59 Å². The second-order valence-electron chi connectivity index (χ2n) is 4.75. The number of aromatic amines is 1. The lowest BCUT2D eigenvalue weighted by molar-refractivity contribution is 0.0946. The van der Waals surface area contributed by atoms with Crippen molar-refractivity contribution >= 4 is 5.91 Å². The maximum Gasteiger partial charge on any atom is 0.256 e. The van der Waals surface area contributed by atoms with Crippen LogP contribution in [0.25, 0.3) is 0 Å². The van der Waals surface area contributed by atoms with E-state index >= 15 is 0 Å². The molecule has 2 rings (SSSR count). The number of amides is 1. The molecule has 1 aromatic rings. The Morgan fingerprint density at radius 1 is 1.47 bits per heavy atom. The fraction of sp³-hybridized carbons (Fsp3) is 0.538. The van der Waals surface area contributed by atoms with Crippen molar-refractivity contribution in [2.24, 2.45) is 5.92 Å². The lowest BCUT2D eigenvalue weighted by Gasteiger charge is -2.10. The number of nitrogens with one attached hydrogen (secondary N) is 2. The first kappa shape index (κ1) is 11.9. The van der Waals surface area contributed by atoms with Gasteiger partial charge in [0.25, 0.3) is 5.91 Å². The van der Waals surface area contributed by atoms with Gasteiger partial charge in [-0.25, -0.2) is 0 Å². The number of pyridine rings is 1. The van der Waals surface area contributed by atoms with Gasteiger partial charge in [-0.3, -0.25) is 9.59 Å². The number of H-pyrrole nitrogens is 1. The van der Waals surface area contributed by atoms with E-state index in [0.29, 0.717) is 12.5 Å². The summed E-state index contributed by atoms with van der Waals surface area (Å²) in [5.41, 5.74) is 0.751. The quantitative estimate of drug-likeness (QED) is 0.834. The largest absolute Gasteiger partial charge is 0.364 e. The number of carbonyl (C=O) groups is 1. The van der Waals surface area contributed by atoms with Crippen LogP contribution in [0.3, 0.4) is 0 Å². The molecule has 4 nitrogen and oxygen atoms in total. The molecule has 0 aromatic carbocycles. The zero-order valence-corrected chi connectivity index (χ0v) is 10.1. The second-order valence-corrected chi connectivity index (χ2v) is 4.75. The number of aromatic nitrogens is 1. The van der Waals surface area contributed by atoms with Gasteiger partial charge in [-0.05, 0) is 25.7 Å². The van der Waals surface area contributed by atoms with Crippen molar-refractivity contribution < 1.29 is 4.79 Å². The first-order valence-corrected chi connectivity index (χ1v) is 6.14. The van der Waals surface area contributed by atoms with Crippen molar-refractivity contribution in [3.63, 3.8) is 0 Å². The van der Waals surface area contributed by atoms with Gasteiger partial charge in [0.05, 0.1) is 0 Å². The van der Waals surface area contributed by atoms with Crippen molar-refractivity contribution in [2.45, 2.75) is 32.6 Å². The molecule has 0 bridgehead atoms. The molecule has 0 saturated heterocycles. The third kappa shape index (κ3) is 2.96. The van der Waals surface area contributed by atoms with Gasteiger partial charge in [-0.15, -0.1) is 0 Å². The third-order valence-corrected chi connectivity index (χ3v) is 3.33. The Morgan fingerprint density at radius 2 is 2.18 bits per heavy atom. The molecule has 1 aliphatic rings. The van der Waals surface area contributed by atoms with E-state index in [-0.39, 0.29) is 16.9 Å². The average molecular weight is 234 g/mol. The van der Waals surface area contributed by atoms with E-state index in [0.717, 1.165) is 5.69 Å². The SMILES string of the molecule is Cc1cc(=O)c(C(=O)NCC2CCCC2)c[nH]1. The van der Waals surface area contributed by atoms with Crippen molar-refractivity contribution in [2.75, 3.05) is 6.54 Å². The summed E-state index contributed by atoms with van der Waals surface area (Å²) < 4.78 is 0. The number of rotatable bonds is 3. The molecule has 2 N–H and O–H groups in total. The van der Waals surface area contributed by atoms with Crippen LogP contribution >= 0.6 is 0 Å². The van der Waals surface area contributed by atoms with E-state index in [1.54, 1.807) is 6.92 Å². The molecular weight excluding hydrogens is 216 g/mol. The van der Waals surface area contributed by atoms with Crippen molar-refractivity contribution in [3.05, 3.63) is 33.7 Å². The lowest BCUT2D eigenvalue weighted by Crippen LogP contribution is -2.32. The van der Waals surface area contributed by atoms with Gasteiger partial charge >= 0.3 is 0 Å². The monoisotopic (exact) mass is 234 g/mol. The fourth-order valence-electron chi connectivity index (χ4n) is 2.30. The molecule has 1 aliphatic carbocycles. The summed E-state index contributed by atoms with van der Waals surface area (Å²) in [4.78, 5) is 26.3. The van der Waals surface area contributed by atoms with E-state index in [1.165, 1.54) is 37.9 Å². The van der Waals surface area contributed by atoms with Crippen LogP contribution in [-0.2, 0) is 0 Å². The van der Waals surface area contributed by atoms with E-state index in [4.69, 9.17) is 0 Å². The van der Waals surface area contributed by atoms with E-state index in [2.05, 4.69) is 10.3 Å². The summed E-state index contributed by atoms with van der Waals surface area (Å²) in [6.45, 7) is 2.48. The number of hydrogen-bond donors (Lipinski definition) is 2. The molecule has 0 aliphatic heterocycles. The van der Waals surface area contributed by atoms with Crippen LogP contribution in [0.15, 0.2) is 17.1 Å². The van der Waals surface area contributed by atoms with Crippen LogP contribution in [-0.4, -0.2) is 17.4 Å². The van der Waals surface area contributed by atoms with Gasteiger partial charge in [0.2, 0.25) is 0 Å². The summed E-state index contributed by atoms with van der Waals surface area (Å²) in [6, 6.07) is 1.45. The molecular formula is C13H18N2O2. The molecule has 1 saturated carbocycles. The Bertz CT molecular complexity index is 459. The molecule has 1 fully saturated rings. The first-order chi connectivity index (χ1) is 8.16. The minimum absolute atomic E-state index is 0.202. The molecule has 0 radical (unpaired) electrons. The van der Waals surface area contributed by atoms with Crippen molar-refractivity contribution in [1.29, 1.82) is 0 Å². The highest BCUT2D eigenvalue weighted by Crippen LogP contribution is 2.23. The Kier molecular flexibility index (Phi) is 3.61. The second kappa shape index (κ2) is 5.17. The zero-order valence-electron chi connectivity index (χ0n) is 10.1. The summed E-state index contributed by atoms with van der Waals surface area (Å²) in [6.07, 6.45) is 6.37. The van der Waals surface area contributed by atoms with Crippen LogP contribution in [0.4, 0.5) is 0 Å². The molecule has 0 atom stereocenters. The molecule has 1 aromatic heterocycles. The Balaban J connectivity index is 1.97. The van der Waals surface area contributed by atoms with Crippen molar-refractivity contribution in [3.8, 4) is 0 Å². The highest BCUT2D eigenvalue weighted by atomic mass is 16.2. The molecule has 1 amide bonds. The highest BCUT2D eigenvalue weighted by Gasteiger charge is 2.17. The molecule has 92 valence electrons. The van der Waals surface area contributed by atoms with Gasteiger partial charge in [0, 0.05) is 24.5 Å². The van der Waals surface area contributed by atoms with Gasteiger partial charge in [0.15, 0.2) is 5.43 Å². The minimum atomic E-state index is -0.266. The first-order valence-electron chi connectivity index (χ1n) is 6.14. The van der Waals surface area contributed by atoms with Crippen LogP contribution in [0.2, 0.25) is 0 Å². The fourth-order valence-corrected chi connectivity index (χ4v) is 2.30. The van der Waals surface area contributed by atoms with Crippen LogP contribution in [0.5, 0.6) is 0 Å². The zero-order chi connectivity index (χ0) is 12.3. The highest BCUT2D eigenvalue weighted by molar-refractivity contribution is 5.93. The predicted molar refractivity (Wildman–Crippen MR) is 66.1 cm³/mol. The Hall–Kier alpha value is -1.58. The van der Waals surface area contributed by atoms with E-state index < -0.39 is 0 Å². The van der Waals surface area contributed by atoms with Gasteiger partial charge in [0.1, 0.15) is 5.56 Å². The maximum absolute atomic E-state index is 11.8. The third-order valence-electron chi connectivity index (χ3n) is 3.33. The minimum Gasteiger partial charge on any atom is -0.364 e. The smallest absolute Gasteiger partial charge is 0.256 e. The summed E-state index contributed by atoms with van der Waals surface area (Å²) >= 11 is 0. The summed E-state index contributed by atoms with van der Waals surface area (Å²) in [5, 5.41) is 2.84. The van der Waals surface area contributed by atoms with Crippen LogP contribution in [0.1, 0.15) is 41.7 Å². The van der Waals surface area contributed by atoms with Crippen LogP contribution in [0, 0.1) is 12.8 Å². The Labute approximate surface area is 100 Å². The van der Waals surface area contributed by atoms with Gasteiger partial charge < -0.3 is 10.3 Å². The van der Waals surface area contributed by atoms with E-state index in [1.807, 2.05) is 0 Å². The maximum atomic E-state index is 11.8. The number of aryl methyl sites for hydroxylation is 1. The molecule has 4 heteroatoms. The number of hydrogen-bond acceptors (Lipinski definition) is 2. The molecule has 17 heavy (non-hydrogen) atoms. The average Bonchev–Trinajstić information content (AvgIpc) is 2.78. The Morgan fingerprint density at radius 3 is 2.82 bits per heavy atom. The number of carbonyl (C=O) groups excluding carboxylic acids is 1. The topological polar surface area (TPSA) is 62.0 Å². The van der Waals surface area contributed by atoms with Gasteiger partial charge in [-0.2, -0.15) is 0 Å². The predicted octanol–water partition coefficient (Wildman–Crippen LogP) is 1.60. The summed E-state index contributed by atoms with van der Waals surface area (Å²) in [5.74, 6) is 0.321. The lowest BCUT2D eigenvalue weighted by atomic mass is 10.1. The standard InChI is InChI=1S/C13H18N2O2/c1-9-6-12(16)11(8-14-9)13(17)15-7-10-4-2-3-5-10/h6,8,10H,2-5,7H2,1H3,(H,14,16)(H,15,17). The summed E-state index contributed by atoms with van der Waals surface area (Å²) in [7, 11) is 0. The molecule has 0 unspecified atom stereocenters.